The van der Waals surface area contributed by atoms with Crippen LogP contribution in [-0.2, 0) is 14.4 Å². The van der Waals surface area contributed by atoms with Crippen LogP contribution in [-0.4, -0.2) is 58.9 Å². The van der Waals surface area contributed by atoms with E-state index in [1.54, 1.807) is 22.5 Å². The summed E-state index contributed by atoms with van der Waals surface area (Å²) in [6.07, 6.45) is 5.99. The summed E-state index contributed by atoms with van der Waals surface area (Å²) < 4.78 is 0.905. The lowest BCUT2D eigenvalue weighted by Crippen LogP contribution is -2.58. The van der Waals surface area contributed by atoms with Crippen LogP contribution >= 0.6 is 15.9 Å². The second-order valence-electron chi connectivity index (χ2n) is 11.7. The molecule has 0 bridgehead atoms. The van der Waals surface area contributed by atoms with Crippen LogP contribution in [0.4, 0.5) is 0 Å². The molecular weight excluding hydrogens is 552 g/mol. The van der Waals surface area contributed by atoms with E-state index in [2.05, 4.69) is 26.6 Å². The smallest absolute Gasteiger partial charge is 0.251 e. The van der Waals surface area contributed by atoms with Gasteiger partial charge < -0.3 is 15.5 Å². The van der Waals surface area contributed by atoms with Gasteiger partial charge in [-0.3, -0.25) is 24.4 Å². The van der Waals surface area contributed by atoms with Gasteiger partial charge in [0.05, 0.1) is 0 Å². The number of hydrogen-bond acceptors (Lipinski definition) is 5. The number of amides is 4. The van der Waals surface area contributed by atoms with Crippen molar-refractivity contribution in [3.8, 4) is 0 Å². The number of halogens is 1. The van der Waals surface area contributed by atoms with Gasteiger partial charge in [0.1, 0.15) is 6.04 Å². The van der Waals surface area contributed by atoms with Crippen molar-refractivity contribution in [1.82, 2.24) is 21.0 Å². The molecule has 1 aromatic carbocycles. The summed E-state index contributed by atoms with van der Waals surface area (Å²) in [6, 6.07) is 6.38. The molecule has 2 aliphatic rings. The largest absolute Gasteiger partial charge is 0.349 e. The topological polar surface area (TPSA) is 128 Å². The minimum Gasteiger partial charge on any atom is -0.349 e. The highest BCUT2D eigenvalue weighted by atomic mass is 79.9. The molecule has 0 spiro atoms. The molecule has 0 aromatic heterocycles. The number of rotatable bonds is 9. The summed E-state index contributed by atoms with van der Waals surface area (Å²) in [5.41, 5.74) is 1.68. The lowest BCUT2D eigenvalue weighted by atomic mass is 9.84. The molecule has 2 atom stereocenters. The van der Waals surface area contributed by atoms with Crippen LogP contribution in [0.1, 0.15) is 82.5 Å². The highest BCUT2D eigenvalue weighted by Crippen LogP contribution is 2.32. The Morgan fingerprint density at radius 3 is 2.18 bits per heavy atom. The van der Waals surface area contributed by atoms with E-state index in [-0.39, 0.29) is 30.2 Å². The van der Waals surface area contributed by atoms with Crippen molar-refractivity contribution in [2.45, 2.75) is 84.2 Å². The zero-order valence-corrected chi connectivity index (χ0v) is 24.2. The zero-order valence-electron chi connectivity index (χ0n) is 22.6. The molecule has 10 heteroatoms. The normalized spacial score (nSPS) is 18.5. The van der Waals surface area contributed by atoms with Crippen LogP contribution in [0.5, 0.6) is 0 Å². The highest BCUT2D eigenvalue weighted by Gasteiger charge is 2.39. The summed E-state index contributed by atoms with van der Waals surface area (Å²) in [5, 5.41) is 15.0. The van der Waals surface area contributed by atoms with Crippen molar-refractivity contribution in [3.05, 3.63) is 34.3 Å². The summed E-state index contributed by atoms with van der Waals surface area (Å²) in [6.45, 7) is 6.68. The van der Waals surface area contributed by atoms with E-state index in [9.17, 15) is 19.2 Å². The first-order chi connectivity index (χ1) is 18.0. The van der Waals surface area contributed by atoms with Crippen molar-refractivity contribution < 1.29 is 24.4 Å². The van der Waals surface area contributed by atoms with Crippen LogP contribution in [0.15, 0.2) is 28.7 Å². The number of hydroxylamine groups is 1. The molecule has 1 heterocycles. The van der Waals surface area contributed by atoms with Crippen LogP contribution in [0.3, 0.4) is 0 Å². The van der Waals surface area contributed by atoms with Gasteiger partial charge >= 0.3 is 0 Å². The van der Waals surface area contributed by atoms with Crippen LogP contribution in [0.2, 0.25) is 0 Å². The summed E-state index contributed by atoms with van der Waals surface area (Å²) >= 11 is 3.37. The Morgan fingerprint density at radius 1 is 1.03 bits per heavy atom. The molecule has 1 aromatic rings. The van der Waals surface area contributed by atoms with Crippen molar-refractivity contribution in [2.75, 3.05) is 13.1 Å². The van der Waals surface area contributed by atoms with Gasteiger partial charge in [-0.1, -0.05) is 62.4 Å². The zero-order chi connectivity index (χ0) is 27.9. The monoisotopic (exact) mass is 592 g/mol. The standard InChI is InChI=1S/C28H41BrN4O5/c1-28(2,3)24(31-26(36)20(17-23(34)32-38)16-18-6-4-5-7-18)27(37)33-14-12-22(13-15-33)30-25(35)19-8-10-21(29)11-9-19/h8-11,18,20,22,24,38H,4-7,12-17H2,1-3H3,(H,30,35)(H,31,36)(H,32,34)/t20-,24-/m1/s1. The Balaban J connectivity index is 1.60. The molecule has 4 N–H and O–H groups in total. The van der Waals surface area contributed by atoms with Crippen molar-refractivity contribution >= 4 is 39.6 Å². The summed E-state index contributed by atoms with van der Waals surface area (Å²) in [5.74, 6) is -1.47. The van der Waals surface area contributed by atoms with Gasteiger partial charge in [0.15, 0.2) is 0 Å². The van der Waals surface area contributed by atoms with Crippen LogP contribution in [0.25, 0.3) is 0 Å². The Bertz CT molecular complexity index is 980. The third-order valence-corrected chi connectivity index (χ3v) is 8.20. The van der Waals surface area contributed by atoms with E-state index in [1.807, 2.05) is 32.9 Å². The number of carbonyl (C=O) groups is 4. The average Bonchev–Trinajstić information content (AvgIpc) is 3.39. The predicted octanol–water partition coefficient (Wildman–Crippen LogP) is 3.79. The minimum atomic E-state index is -0.757. The molecule has 38 heavy (non-hydrogen) atoms. The second-order valence-corrected chi connectivity index (χ2v) is 12.6. The number of benzene rings is 1. The third kappa shape index (κ3) is 8.53. The number of hydrogen-bond donors (Lipinski definition) is 4. The molecule has 2 fully saturated rings. The third-order valence-electron chi connectivity index (χ3n) is 7.67. The number of likely N-dealkylation sites (tertiary alicyclic amines) is 1. The van der Waals surface area contributed by atoms with Gasteiger partial charge in [-0.25, -0.2) is 5.48 Å². The van der Waals surface area contributed by atoms with E-state index < -0.39 is 23.3 Å². The van der Waals surface area contributed by atoms with E-state index in [0.29, 0.717) is 43.8 Å². The molecule has 1 saturated heterocycles. The first kappa shape index (κ1) is 30.1. The molecule has 0 radical (unpaired) electrons. The Hall–Kier alpha value is -2.46. The molecular formula is C28H41BrN4O5. The molecule has 1 aliphatic heterocycles. The lowest BCUT2D eigenvalue weighted by Gasteiger charge is -2.39. The quantitative estimate of drug-likeness (QED) is 0.256. The van der Waals surface area contributed by atoms with E-state index >= 15 is 0 Å². The average molecular weight is 594 g/mol. The number of carbonyl (C=O) groups excluding carboxylic acids is 4. The van der Waals surface area contributed by atoms with E-state index in [1.165, 1.54) is 0 Å². The highest BCUT2D eigenvalue weighted by molar-refractivity contribution is 9.10. The molecule has 1 saturated carbocycles. The fourth-order valence-electron chi connectivity index (χ4n) is 5.41. The summed E-state index contributed by atoms with van der Waals surface area (Å²) in [4.78, 5) is 53.2. The predicted molar refractivity (Wildman–Crippen MR) is 147 cm³/mol. The van der Waals surface area contributed by atoms with Crippen LogP contribution < -0.4 is 16.1 Å². The molecule has 0 unspecified atom stereocenters. The van der Waals surface area contributed by atoms with E-state index in [0.717, 1.165) is 30.2 Å². The van der Waals surface area contributed by atoms with Crippen molar-refractivity contribution in [3.63, 3.8) is 0 Å². The van der Waals surface area contributed by atoms with Crippen molar-refractivity contribution in [2.24, 2.45) is 17.3 Å². The SMILES string of the molecule is CC(C)(C)[C@H](NC(=O)[C@@H](CC(=O)NO)CC1CCCC1)C(=O)N1CCC(NC(=O)c2ccc(Br)cc2)CC1. The van der Waals surface area contributed by atoms with Gasteiger partial charge in [-0.05, 0) is 54.9 Å². The fourth-order valence-corrected chi connectivity index (χ4v) is 5.67. The first-order valence-corrected chi connectivity index (χ1v) is 14.4. The second kappa shape index (κ2) is 13.6. The Kier molecular flexibility index (Phi) is 10.7. The van der Waals surface area contributed by atoms with Gasteiger partial charge in [0.25, 0.3) is 5.91 Å². The van der Waals surface area contributed by atoms with Gasteiger partial charge in [0, 0.05) is 41.5 Å². The molecule has 9 nitrogen and oxygen atoms in total. The number of nitrogens with one attached hydrogen (secondary N) is 3. The number of nitrogens with zero attached hydrogens (tertiary/aromatic N) is 1. The van der Waals surface area contributed by atoms with Crippen molar-refractivity contribution in [1.29, 1.82) is 0 Å². The molecule has 210 valence electrons. The van der Waals surface area contributed by atoms with Gasteiger partial charge in [0.2, 0.25) is 17.7 Å². The molecule has 3 rings (SSSR count). The maximum Gasteiger partial charge on any atom is 0.251 e. The fraction of sp³-hybridized carbons (Fsp3) is 0.643. The van der Waals surface area contributed by atoms with Crippen LogP contribution in [0, 0.1) is 17.3 Å². The Morgan fingerprint density at radius 2 is 1.63 bits per heavy atom. The molecule has 1 aliphatic carbocycles. The Labute approximate surface area is 233 Å². The number of piperidine rings is 1. The maximum atomic E-state index is 13.6. The van der Waals surface area contributed by atoms with Gasteiger partial charge in [-0.2, -0.15) is 0 Å². The lowest BCUT2D eigenvalue weighted by molar-refractivity contribution is -0.142. The summed E-state index contributed by atoms with van der Waals surface area (Å²) in [7, 11) is 0. The van der Waals surface area contributed by atoms with E-state index in [4.69, 9.17) is 5.21 Å². The van der Waals surface area contributed by atoms with Gasteiger partial charge in [-0.15, -0.1) is 0 Å². The first-order valence-electron chi connectivity index (χ1n) is 13.6. The molecule has 4 amide bonds. The maximum absolute atomic E-state index is 13.6. The minimum absolute atomic E-state index is 0.0364.